The van der Waals surface area contributed by atoms with Crippen LogP contribution in [0.4, 0.5) is 23.7 Å². The van der Waals surface area contributed by atoms with Crippen molar-refractivity contribution in [1.29, 1.82) is 0 Å². The van der Waals surface area contributed by atoms with Gasteiger partial charge in [-0.1, -0.05) is 13.8 Å². The van der Waals surface area contributed by atoms with Crippen molar-refractivity contribution < 1.29 is 18.0 Å². The largest absolute Gasteiger partial charge is 0.328 e. The topological polar surface area (TPSA) is 65.2 Å². The van der Waals surface area contributed by atoms with Crippen LogP contribution in [0.1, 0.15) is 32.4 Å². The Balaban J connectivity index is 2.01. The van der Waals surface area contributed by atoms with E-state index in [0.717, 1.165) is 12.1 Å². The van der Waals surface area contributed by atoms with Gasteiger partial charge in [-0.05, 0) is 60.2 Å². The van der Waals surface area contributed by atoms with Crippen molar-refractivity contribution >= 4 is 22.5 Å². The number of carbonyl (C=O) groups is 1. The molecule has 158 valence electrons. The number of pyridine rings is 1. The van der Waals surface area contributed by atoms with E-state index in [9.17, 15) is 22.8 Å². The van der Waals surface area contributed by atoms with Crippen LogP contribution in [0.25, 0.3) is 10.8 Å². The molecule has 2 N–H and O–H groups in total. The van der Waals surface area contributed by atoms with Crippen LogP contribution >= 0.6 is 0 Å². The van der Waals surface area contributed by atoms with E-state index < -0.39 is 35.1 Å². The molecule has 30 heavy (non-hydrogen) atoms. The summed E-state index contributed by atoms with van der Waals surface area (Å²) in [5, 5.41) is 2.95. The number of hydrogen-bond donors (Lipinski definition) is 2. The van der Waals surface area contributed by atoms with Crippen molar-refractivity contribution in [3.8, 4) is 0 Å². The number of benzene rings is 2. The van der Waals surface area contributed by atoms with E-state index in [1.165, 1.54) is 35.4 Å². The Bertz CT molecular complexity index is 1130. The summed E-state index contributed by atoms with van der Waals surface area (Å²) < 4.78 is 40.7. The number of amides is 2. The Morgan fingerprint density at radius 3 is 2.23 bits per heavy atom. The predicted octanol–water partition coefficient (Wildman–Crippen LogP) is 5.20. The molecule has 3 aromatic rings. The average Bonchev–Trinajstić information content (AvgIpc) is 2.69. The predicted molar refractivity (Wildman–Crippen MR) is 110 cm³/mol. The minimum Gasteiger partial charge on any atom is -0.328 e. The number of H-pyrrole nitrogens is 1. The number of halogens is 3. The number of nitrogens with zero attached hydrogens (tertiary/aromatic N) is 1. The van der Waals surface area contributed by atoms with E-state index >= 15 is 0 Å². The van der Waals surface area contributed by atoms with Crippen LogP contribution in [0.15, 0.2) is 47.4 Å². The maximum absolute atomic E-state index is 13.9. The summed E-state index contributed by atoms with van der Waals surface area (Å²) in [7, 11) is 0. The van der Waals surface area contributed by atoms with Crippen LogP contribution in [0.3, 0.4) is 0 Å². The summed E-state index contributed by atoms with van der Waals surface area (Å²) in [5.41, 5.74) is 0.339. The molecule has 0 saturated heterocycles. The van der Waals surface area contributed by atoms with Crippen molar-refractivity contribution in [3.63, 3.8) is 0 Å². The molecule has 2 amide bonds. The molecule has 2 aromatic carbocycles. The summed E-state index contributed by atoms with van der Waals surface area (Å²) in [6.45, 7) is 5.97. The van der Waals surface area contributed by atoms with Gasteiger partial charge in [0.2, 0.25) is 0 Å². The molecule has 5 nitrogen and oxygen atoms in total. The fraction of sp³-hybridized carbons (Fsp3) is 0.273. The van der Waals surface area contributed by atoms with Crippen molar-refractivity contribution in [2.75, 3.05) is 11.9 Å². The monoisotopic (exact) mass is 417 g/mol. The van der Waals surface area contributed by atoms with E-state index in [1.54, 1.807) is 6.92 Å². The number of hydrogen-bond acceptors (Lipinski definition) is 2. The van der Waals surface area contributed by atoms with Gasteiger partial charge in [-0.2, -0.15) is 0 Å². The first kappa shape index (κ1) is 21.4. The molecule has 1 unspecified atom stereocenters. The smallest absolute Gasteiger partial charge is 0.322 e. The maximum atomic E-state index is 13.9. The molecule has 0 fully saturated rings. The summed E-state index contributed by atoms with van der Waals surface area (Å²) in [4.78, 5) is 29.1. The van der Waals surface area contributed by atoms with Gasteiger partial charge in [-0.25, -0.2) is 18.0 Å². The van der Waals surface area contributed by atoms with Crippen LogP contribution in [0.2, 0.25) is 0 Å². The zero-order chi connectivity index (χ0) is 22.0. The highest BCUT2D eigenvalue weighted by molar-refractivity contribution is 5.91. The van der Waals surface area contributed by atoms with Gasteiger partial charge in [0.15, 0.2) is 11.6 Å². The maximum Gasteiger partial charge on any atom is 0.322 e. The highest BCUT2D eigenvalue weighted by atomic mass is 19.2. The van der Waals surface area contributed by atoms with Gasteiger partial charge >= 0.3 is 6.03 Å². The first-order valence-corrected chi connectivity index (χ1v) is 9.51. The number of nitrogens with one attached hydrogen (secondary N) is 2. The lowest BCUT2D eigenvalue weighted by Crippen LogP contribution is -2.39. The van der Waals surface area contributed by atoms with Gasteiger partial charge in [0.05, 0.1) is 11.4 Å². The molecule has 0 radical (unpaired) electrons. The zero-order valence-corrected chi connectivity index (χ0v) is 16.8. The molecule has 1 heterocycles. The number of urea groups is 1. The standard InChI is InChI=1S/C22H22F3N3O2/c1-12(2)11-28(22(30)27-15-6-4-14(23)5-7-15)13(3)18-10-26-21(29)17-9-20(25)19(24)8-16(17)18/h4-10,12-13H,11H2,1-3H3,(H,26,29)(H,27,30). The lowest BCUT2D eigenvalue weighted by atomic mass is 10.0. The first-order chi connectivity index (χ1) is 14.2. The fourth-order valence-corrected chi connectivity index (χ4v) is 3.32. The molecule has 1 atom stereocenters. The van der Waals surface area contributed by atoms with Crippen molar-refractivity contribution in [1.82, 2.24) is 9.88 Å². The highest BCUT2D eigenvalue weighted by Gasteiger charge is 2.25. The summed E-state index contributed by atoms with van der Waals surface area (Å²) in [6.07, 6.45) is 1.41. The van der Waals surface area contributed by atoms with E-state index in [0.29, 0.717) is 17.8 Å². The molecule has 3 rings (SSSR count). The van der Waals surface area contributed by atoms with Gasteiger partial charge in [0, 0.05) is 18.4 Å². The van der Waals surface area contributed by atoms with E-state index in [2.05, 4.69) is 10.3 Å². The Hall–Kier alpha value is -3.29. The summed E-state index contributed by atoms with van der Waals surface area (Å²) >= 11 is 0. The van der Waals surface area contributed by atoms with E-state index in [1.807, 2.05) is 13.8 Å². The SMILES string of the molecule is CC(C)CN(C(=O)Nc1ccc(F)cc1)C(C)c1c[nH]c(=O)c2cc(F)c(F)cc12. The van der Waals surface area contributed by atoms with Crippen LogP contribution in [-0.2, 0) is 0 Å². The van der Waals surface area contributed by atoms with E-state index in [4.69, 9.17) is 0 Å². The lowest BCUT2D eigenvalue weighted by molar-refractivity contribution is 0.184. The van der Waals surface area contributed by atoms with Crippen molar-refractivity contribution in [2.24, 2.45) is 5.92 Å². The van der Waals surface area contributed by atoms with Crippen molar-refractivity contribution in [3.05, 3.63) is 76.0 Å². The van der Waals surface area contributed by atoms with Gasteiger partial charge < -0.3 is 15.2 Å². The highest BCUT2D eigenvalue weighted by Crippen LogP contribution is 2.29. The molecule has 8 heteroatoms. The fourth-order valence-electron chi connectivity index (χ4n) is 3.32. The summed E-state index contributed by atoms with van der Waals surface area (Å²) in [5.74, 6) is -2.51. The van der Waals surface area contributed by atoms with Crippen LogP contribution in [0, 0.1) is 23.4 Å². The number of carbonyl (C=O) groups excluding carboxylic acids is 1. The third-order valence-electron chi connectivity index (χ3n) is 4.81. The summed E-state index contributed by atoms with van der Waals surface area (Å²) in [6, 6.07) is 6.17. The van der Waals surface area contributed by atoms with Crippen LogP contribution in [-0.4, -0.2) is 22.5 Å². The van der Waals surface area contributed by atoms with Gasteiger partial charge in [0.1, 0.15) is 5.82 Å². The van der Waals surface area contributed by atoms with Crippen LogP contribution in [0.5, 0.6) is 0 Å². The molecular formula is C22H22F3N3O2. The quantitative estimate of drug-likeness (QED) is 0.600. The zero-order valence-electron chi connectivity index (χ0n) is 16.8. The number of fused-ring (bicyclic) bond motifs is 1. The number of aromatic nitrogens is 1. The third-order valence-corrected chi connectivity index (χ3v) is 4.81. The first-order valence-electron chi connectivity index (χ1n) is 9.51. The Morgan fingerprint density at radius 2 is 1.63 bits per heavy atom. The Kier molecular flexibility index (Phi) is 6.14. The molecule has 0 aliphatic carbocycles. The molecule has 0 spiro atoms. The van der Waals surface area contributed by atoms with E-state index in [-0.39, 0.29) is 16.7 Å². The van der Waals surface area contributed by atoms with Gasteiger partial charge in [-0.3, -0.25) is 4.79 Å². The number of aromatic amines is 1. The minimum absolute atomic E-state index is 0.00156. The third kappa shape index (κ3) is 4.48. The average molecular weight is 417 g/mol. The second kappa shape index (κ2) is 8.61. The molecule has 0 bridgehead atoms. The molecule has 1 aromatic heterocycles. The number of anilines is 1. The second-order valence-corrected chi connectivity index (χ2v) is 7.54. The molecule has 0 saturated carbocycles. The van der Waals surface area contributed by atoms with Gasteiger partial charge in [-0.15, -0.1) is 0 Å². The Morgan fingerprint density at radius 1 is 1.03 bits per heavy atom. The van der Waals surface area contributed by atoms with Crippen molar-refractivity contribution in [2.45, 2.75) is 26.8 Å². The lowest BCUT2D eigenvalue weighted by Gasteiger charge is -2.31. The minimum atomic E-state index is -1.12. The Labute approximate surface area is 171 Å². The molecule has 0 aliphatic heterocycles. The number of rotatable bonds is 5. The molecular weight excluding hydrogens is 395 g/mol. The molecule has 0 aliphatic rings. The second-order valence-electron chi connectivity index (χ2n) is 7.54. The normalized spacial score (nSPS) is 12.2. The van der Waals surface area contributed by atoms with Crippen LogP contribution < -0.4 is 10.9 Å². The van der Waals surface area contributed by atoms with Gasteiger partial charge in [0.25, 0.3) is 5.56 Å².